The molecule has 0 radical (unpaired) electrons. The lowest BCUT2D eigenvalue weighted by molar-refractivity contribution is 0.0678. The minimum atomic E-state index is -2.62. The number of thiophene rings is 1. The molecule has 0 aromatic carbocycles. The molecular weight excluding hydrogens is 414 g/mol. The number of thioether (sulfide) groups is 1. The van der Waals surface area contributed by atoms with E-state index in [0.29, 0.717) is 11.7 Å². The van der Waals surface area contributed by atoms with Gasteiger partial charge in [-0.1, -0.05) is 37.9 Å². The van der Waals surface area contributed by atoms with Crippen molar-refractivity contribution in [2.24, 2.45) is 0 Å². The number of hydrogen-bond donors (Lipinski definition) is 0. The summed E-state index contributed by atoms with van der Waals surface area (Å²) in [6.07, 6.45) is 9.93. The molecule has 3 aromatic rings. The summed E-state index contributed by atoms with van der Waals surface area (Å²) >= 11 is 2.92. The monoisotopic (exact) mass is 438 g/mol. The van der Waals surface area contributed by atoms with E-state index in [-0.39, 0.29) is 17.1 Å². The molecule has 0 fully saturated rings. The average molecular weight is 439 g/mol. The van der Waals surface area contributed by atoms with Crippen LogP contribution in [0.5, 0.6) is 0 Å². The number of aryl methyl sites for hydroxylation is 2. The zero-order valence-electron chi connectivity index (χ0n) is 16.4. The molecule has 3 heterocycles. The van der Waals surface area contributed by atoms with Crippen molar-refractivity contribution in [3.8, 4) is 0 Å². The largest absolute Gasteiger partial charge is 0.319 e. The van der Waals surface area contributed by atoms with Gasteiger partial charge in [-0.3, -0.25) is 13.9 Å². The number of aromatic nitrogens is 4. The van der Waals surface area contributed by atoms with Crippen molar-refractivity contribution < 1.29 is 8.78 Å². The van der Waals surface area contributed by atoms with E-state index in [1.54, 1.807) is 15.9 Å². The van der Waals surface area contributed by atoms with Crippen molar-refractivity contribution >= 4 is 33.3 Å². The average Bonchev–Trinajstić information content (AvgIpc) is 3.40. The van der Waals surface area contributed by atoms with Gasteiger partial charge in [0, 0.05) is 23.8 Å². The molecule has 29 heavy (non-hydrogen) atoms. The zero-order chi connectivity index (χ0) is 20.4. The van der Waals surface area contributed by atoms with Gasteiger partial charge in [0.05, 0.1) is 11.1 Å². The standard InChI is InChI=1S/C20H24F2N4OS2/c1-2-3-4-5-10-26-18(27)16-13-7-6-8-14(13)29-17(16)24-20(26)28-12-15-23-9-11-25(15)19(21)22/h9,11,19H,2-8,10,12H2,1H3. The Morgan fingerprint density at radius 3 is 2.93 bits per heavy atom. The first-order chi connectivity index (χ1) is 14.1. The summed E-state index contributed by atoms with van der Waals surface area (Å²) in [4.78, 5) is 24.2. The van der Waals surface area contributed by atoms with E-state index < -0.39 is 6.55 Å². The Bertz CT molecular complexity index is 1060. The molecule has 1 aliphatic rings. The SMILES string of the molecule is CCCCCCn1c(SCc2nccn2C(F)F)nc2sc3c(c2c1=O)CCC3. The molecule has 156 valence electrons. The molecule has 0 saturated heterocycles. The maximum absolute atomic E-state index is 13.3. The highest BCUT2D eigenvalue weighted by Crippen LogP contribution is 2.36. The summed E-state index contributed by atoms with van der Waals surface area (Å²) in [5.74, 6) is 0.528. The van der Waals surface area contributed by atoms with Crippen molar-refractivity contribution in [2.75, 3.05) is 0 Å². The number of unbranched alkanes of at least 4 members (excludes halogenated alkanes) is 3. The first-order valence-electron chi connectivity index (χ1n) is 10.1. The van der Waals surface area contributed by atoms with E-state index in [1.807, 2.05) is 0 Å². The van der Waals surface area contributed by atoms with Crippen LogP contribution >= 0.6 is 23.1 Å². The minimum absolute atomic E-state index is 0.0191. The fourth-order valence-corrected chi connectivity index (χ4v) is 6.10. The van der Waals surface area contributed by atoms with Gasteiger partial charge in [0.15, 0.2) is 5.16 Å². The lowest BCUT2D eigenvalue weighted by Crippen LogP contribution is -2.23. The number of nitrogens with zero attached hydrogens (tertiary/aromatic N) is 4. The molecular formula is C20H24F2N4OS2. The molecule has 0 N–H and O–H groups in total. The molecule has 0 unspecified atom stereocenters. The van der Waals surface area contributed by atoms with Crippen LogP contribution in [0, 0.1) is 0 Å². The number of rotatable bonds is 9. The third-order valence-electron chi connectivity index (χ3n) is 5.31. The number of hydrogen-bond acceptors (Lipinski definition) is 5. The molecule has 1 aliphatic carbocycles. The van der Waals surface area contributed by atoms with E-state index >= 15 is 0 Å². The first-order valence-corrected chi connectivity index (χ1v) is 11.9. The third-order valence-corrected chi connectivity index (χ3v) is 7.47. The lowest BCUT2D eigenvalue weighted by atomic mass is 10.2. The highest BCUT2D eigenvalue weighted by molar-refractivity contribution is 7.98. The molecule has 4 rings (SSSR count). The van der Waals surface area contributed by atoms with Gasteiger partial charge in [0.1, 0.15) is 10.7 Å². The smallest absolute Gasteiger partial charge is 0.287 e. The maximum Gasteiger partial charge on any atom is 0.319 e. The molecule has 5 nitrogen and oxygen atoms in total. The van der Waals surface area contributed by atoms with E-state index in [1.165, 1.54) is 34.6 Å². The van der Waals surface area contributed by atoms with Crippen molar-refractivity contribution in [1.82, 2.24) is 19.1 Å². The fourth-order valence-electron chi connectivity index (χ4n) is 3.82. The molecule has 0 spiro atoms. The lowest BCUT2D eigenvalue weighted by Gasteiger charge is -2.13. The van der Waals surface area contributed by atoms with Crippen LogP contribution in [0.25, 0.3) is 10.2 Å². The normalized spacial score (nSPS) is 13.7. The van der Waals surface area contributed by atoms with Crippen LogP contribution in [0.15, 0.2) is 22.3 Å². The van der Waals surface area contributed by atoms with E-state index in [0.717, 1.165) is 59.7 Å². The quantitative estimate of drug-likeness (QED) is 0.255. The maximum atomic E-state index is 13.3. The summed E-state index contributed by atoms with van der Waals surface area (Å²) in [5, 5.41) is 1.37. The second-order valence-corrected chi connectivity index (χ2v) is 9.29. The van der Waals surface area contributed by atoms with E-state index in [2.05, 4.69) is 11.9 Å². The van der Waals surface area contributed by atoms with Crippen LogP contribution in [0.4, 0.5) is 8.78 Å². The Morgan fingerprint density at radius 2 is 2.14 bits per heavy atom. The Hall–Kier alpha value is -1.74. The van der Waals surface area contributed by atoms with Gasteiger partial charge < -0.3 is 0 Å². The molecule has 0 bridgehead atoms. The van der Waals surface area contributed by atoms with Crippen molar-refractivity contribution in [1.29, 1.82) is 0 Å². The third kappa shape index (κ3) is 4.12. The van der Waals surface area contributed by atoms with Gasteiger partial charge >= 0.3 is 6.55 Å². The zero-order valence-corrected chi connectivity index (χ0v) is 18.0. The number of halogens is 2. The second-order valence-electron chi connectivity index (χ2n) is 7.27. The molecule has 0 aliphatic heterocycles. The predicted molar refractivity (Wildman–Crippen MR) is 113 cm³/mol. The summed E-state index contributed by atoms with van der Waals surface area (Å²) in [5.41, 5.74) is 1.19. The molecule has 9 heteroatoms. The molecule has 0 atom stereocenters. The predicted octanol–water partition coefficient (Wildman–Crippen LogP) is 5.41. The number of alkyl halides is 2. The van der Waals surface area contributed by atoms with Gasteiger partial charge in [-0.2, -0.15) is 8.78 Å². The number of imidazole rings is 1. The van der Waals surface area contributed by atoms with Gasteiger partial charge in [-0.25, -0.2) is 9.97 Å². The summed E-state index contributed by atoms with van der Waals surface area (Å²) in [6, 6.07) is 0. The van der Waals surface area contributed by atoms with Crippen LogP contribution in [0.3, 0.4) is 0 Å². The van der Waals surface area contributed by atoms with Crippen molar-refractivity contribution in [3.63, 3.8) is 0 Å². The topological polar surface area (TPSA) is 52.7 Å². The highest BCUT2D eigenvalue weighted by atomic mass is 32.2. The highest BCUT2D eigenvalue weighted by Gasteiger charge is 2.23. The van der Waals surface area contributed by atoms with Crippen LogP contribution in [0.2, 0.25) is 0 Å². The summed E-state index contributed by atoms with van der Waals surface area (Å²) < 4.78 is 28.8. The molecule has 3 aromatic heterocycles. The Kier molecular flexibility index (Phi) is 6.34. The van der Waals surface area contributed by atoms with E-state index in [9.17, 15) is 13.6 Å². The first kappa shape index (κ1) is 20.5. The Balaban J connectivity index is 1.67. The minimum Gasteiger partial charge on any atom is -0.287 e. The van der Waals surface area contributed by atoms with Gasteiger partial charge in [-0.05, 0) is 31.2 Å². The molecule has 0 saturated carbocycles. The van der Waals surface area contributed by atoms with Gasteiger partial charge in [0.2, 0.25) is 0 Å². The summed E-state index contributed by atoms with van der Waals surface area (Å²) in [6.45, 7) is 0.138. The van der Waals surface area contributed by atoms with E-state index in [4.69, 9.17) is 4.98 Å². The number of fused-ring (bicyclic) bond motifs is 3. The summed E-state index contributed by atoms with van der Waals surface area (Å²) in [7, 11) is 0. The molecule has 0 amide bonds. The van der Waals surface area contributed by atoms with Crippen LogP contribution in [-0.4, -0.2) is 19.1 Å². The van der Waals surface area contributed by atoms with Crippen LogP contribution < -0.4 is 5.56 Å². The van der Waals surface area contributed by atoms with Crippen LogP contribution in [-0.2, 0) is 25.1 Å². The van der Waals surface area contributed by atoms with Crippen molar-refractivity contribution in [2.45, 2.75) is 75.9 Å². The van der Waals surface area contributed by atoms with Gasteiger partial charge in [-0.15, -0.1) is 11.3 Å². The Labute approximate surface area is 176 Å². The van der Waals surface area contributed by atoms with Crippen molar-refractivity contribution in [3.05, 3.63) is 39.0 Å². The second kappa shape index (κ2) is 8.95. The Morgan fingerprint density at radius 1 is 1.28 bits per heavy atom. The fraction of sp³-hybridized carbons (Fsp3) is 0.550. The van der Waals surface area contributed by atoms with Crippen LogP contribution in [0.1, 0.15) is 61.8 Å². The van der Waals surface area contributed by atoms with Gasteiger partial charge in [0.25, 0.3) is 5.56 Å².